The van der Waals surface area contributed by atoms with Crippen LogP contribution in [0.4, 0.5) is 10.3 Å². The van der Waals surface area contributed by atoms with Crippen molar-refractivity contribution in [1.82, 2.24) is 14.5 Å². The van der Waals surface area contributed by atoms with Crippen LogP contribution in [-0.2, 0) is 11.3 Å². The number of aromatic nitrogens is 3. The monoisotopic (exact) mass is 303 g/mol. The van der Waals surface area contributed by atoms with Gasteiger partial charge in [0.05, 0.1) is 6.54 Å². The van der Waals surface area contributed by atoms with E-state index in [9.17, 15) is 4.39 Å². The highest BCUT2D eigenvalue weighted by Gasteiger charge is 2.19. The van der Waals surface area contributed by atoms with Crippen molar-refractivity contribution >= 4 is 22.9 Å². The van der Waals surface area contributed by atoms with Crippen molar-refractivity contribution in [2.24, 2.45) is 0 Å². The van der Waals surface area contributed by atoms with Gasteiger partial charge in [-0.05, 0) is 31.9 Å². The lowest BCUT2D eigenvalue weighted by Crippen LogP contribution is -2.22. The quantitative estimate of drug-likeness (QED) is 0.784. The fourth-order valence-corrected chi connectivity index (χ4v) is 2.47. The predicted molar refractivity (Wildman–Crippen MR) is 82.8 cm³/mol. The van der Waals surface area contributed by atoms with Gasteiger partial charge in [-0.1, -0.05) is 0 Å². The fourth-order valence-electron chi connectivity index (χ4n) is 2.47. The molecule has 2 bridgehead atoms. The van der Waals surface area contributed by atoms with E-state index in [1.165, 1.54) is 0 Å². The summed E-state index contributed by atoms with van der Waals surface area (Å²) >= 11 is 0. The van der Waals surface area contributed by atoms with Crippen LogP contribution in [0.25, 0.3) is 11.0 Å². The first-order valence-corrected chi connectivity index (χ1v) is 7.08. The summed E-state index contributed by atoms with van der Waals surface area (Å²) < 4.78 is 21.2. The SMILES string of the molecule is CC(C)=C1Nc2ncc3c(C)cn(c3n2)C[C@@H](F)COC1=N. The van der Waals surface area contributed by atoms with Crippen molar-refractivity contribution in [2.75, 3.05) is 11.9 Å². The Morgan fingerprint density at radius 1 is 1.50 bits per heavy atom. The van der Waals surface area contributed by atoms with Gasteiger partial charge in [0.25, 0.3) is 0 Å². The second kappa shape index (κ2) is 5.40. The van der Waals surface area contributed by atoms with Crippen molar-refractivity contribution in [2.45, 2.75) is 33.5 Å². The highest BCUT2D eigenvalue weighted by molar-refractivity contribution is 5.94. The molecule has 6 nitrogen and oxygen atoms in total. The molecule has 0 aromatic carbocycles. The third-order valence-corrected chi connectivity index (χ3v) is 3.58. The Kier molecular flexibility index (Phi) is 3.56. The molecule has 0 saturated carbocycles. The first kappa shape index (κ1) is 14.5. The van der Waals surface area contributed by atoms with Crippen LogP contribution in [0.5, 0.6) is 0 Å². The molecule has 0 amide bonds. The number of rotatable bonds is 0. The van der Waals surface area contributed by atoms with E-state index < -0.39 is 6.17 Å². The summed E-state index contributed by atoms with van der Waals surface area (Å²) in [5, 5.41) is 11.9. The lowest BCUT2D eigenvalue weighted by molar-refractivity contribution is 0.171. The number of halogens is 1. The Labute approximate surface area is 127 Å². The van der Waals surface area contributed by atoms with Gasteiger partial charge in [-0.3, -0.25) is 5.41 Å². The number of hydrogen-bond acceptors (Lipinski definition) is 5. The van der Waals surface area contributed by atoms with E-state index in [2.05, 4.69) is 15.3 Å². The van der Waals surface area contributed by atoms with Gasteiger partial charge in [-0.15, -0.1) is 0 Å². The minimum atomic E-state index is -1.22. The molecule has 22 heavy (non-hydrogen) atoms. The van der Waals surface area contributed by atoms with E-state index in [1.807, 2.05) is 27.0 Å². The van der Waals surface area contributed by atoms with Gasteiger partial charge in [-0.2, -0.15) is 4.98 Å². The zero-order valence-electron chi connectivity index (χ0n) is 12.8. The molecule has 1 aliphatic heterocycles. The minimum absolute atomic E-state index is 0.103. The summed E-state index contributed by atoms with van der Waals surface area (Å²) in [7, 11) is 0. The number of alkyl halides is 1. The standard InChI is InChI=1S/C15H18FN5O/c1-8(2)12-13(17)22-7-10(16)6-21-5-9(3)11-4-18-15(19-12)20-14(11)21/h4-5,10,17H,6-7H2,1-3H3,(H,18,19,20)/t10-/m1/s1. The zero-order valence-corrected chi connectivity index (χ0v) is 12.8. The van der Waals surface area contributed by atoms with Gasteiger partial charge in [0.1, 0.15) is 18.0 Å². The first-order valence-electron chi connectivity index (χ1n) is 7.08. The third kappa shape index (κ3) is 2.54. The molecule has 116 valence electrons. The van der Waals surface area contributed by atoms with Crippen molar-refractivity contribution in [1.29, 1.82) is 5.41 Å². The summed E-state index contributed by atoms with van der Waals surface area (Å²) in [6.45, 7) is 5.61. The normalized spacial score (nSPS) is 18.8. The maximum Gasteiger partial charge on any atom is 0.230 e. The van der Waals surface area contributed by atoms with Crippen LogP contribution in [-0.4, -0.2) is 33.2 Å². The minimum Gasteiger partial charge on any atom is -0.473 e. The van der Waals surface area contributed by atoms with Crippen molar-refractivity contribution < 1.29 is 9.13 Å². The van der Waals surface area contributed by atoms with Gasteiger partial charge in [0.2, 0.25) is 11.8 Å². The summed E-state index contributed by atoms with van der Waals surface area (Å²) in [6.07, 6.45) is 2.36. The van der Waals surface area contributed by atoms with Gasteiger partial charge >= 0.3 is 0 Å². The van der Waals surface area contributed by atoms with Crippen LogP contribution in [0.2, 0.25) is 0 Å². The number of ether oxygens (including phenoxy) is 1. The average Bonchev–Trinajstić information content (AvgIpc) is 2.77. The molecule has 0 radical (unpaired) electrons. The van der Waals surface area contributed by atoms with Gasteiger partial charge < -0.3 is 14.6 Å². The molecule has 2 aromatic rings. The highest BCUT2D eigenvalue weighted by Crippen LogP contribution is 2.22. The molecule has 0 aliphatic carbocycles. The van der Waals surface area contributed by atoms with Crippen molar-refractivity contribution in [3.05, 3.63) is 29.2 Å². The van der Waals surface area contributed by atoms with Gasteiger partial charge in [0.15, 0.2) is 6.17 Å². The molecule has 0 saturated heterocycles. The zero-order chi connectivity index (χ0) is 15.9. The van der Waals surface area contributed by atoms with E-state index in [-0.39, 0.29) is 19.0 Å². The lowest BCUT2D eigenvalue weighted by atomic mass is 10.2. The second-order valence-corrected chi connectivity index (χ2v) is 5.63. The van der Waals surface area contributed by atoms with Crippen LogP contribution in [0.3, 0.4) is 0 Å². The highest BCUT2D eigenvalue weighted by atomic mass is 19.1. The Bertz CT molecular complexity index is 776. The Morgan fingerprint density at radius 2 is 2.27 bits per heavy atom. The van der Waals surface area contributed by atoms with Gasteiger partial charge in [0, 0.05) is 17.8 Å². The smallest absolute Gasteiger partial charge is 0.230 e. The molecule has 7 heteroatoms. The number of anilines is 1. The molecule has 0 unspecified atom stereocenters. The maximum atomic E-state index is 14.1. The molecule has 2 aromatic heterocycles. The Hall–Kier alpha value is -2.44. The largest absolute Gasteiger partial charge is 0.473 e. The number of nitrogens with zero attached hydrogens (tertiary/aromatic N) is 3. The molecule has 1 aliphatic rings. The van der Waals surface area contributed by atoms with Crippen molar-refractivity contribution in [3.63, 3.8) is 0 Å². The van der Waals surface area contributed by atoms with Crippen LogP contribution in [0.15, 0.2) is 23.7 Å². The molecule has 1 atom stereocenters. The number of hydrogen-bond donors (Lipinski definition) is 2. The molecule has 2 N–H and O–H groups in total. The number of allylic oxidation sites excluding steroid dienone is 1. The Balaban J connectivity index is 2.15. The molecular weight excluding hydrogens is 285 g/mol. The van der Waals surface area contributed by atoms with Crippen LogP contribution >= 0.6 is 0 Å². The van der Waals surface area contributed by atoms with Gasteiger partial charge in [-0.25, -0.2) is 9.37 Å². The molecule has 3 heterocycles. The van der Waals surface area contributed by atoms with E-state index in [0.29, 0.717) is 17.3 Å². The Morgan fingerprint density at radius 3 is 3.00 bits per heavy atom. The summed E-state index contributed by atoms with van der Waals surface area (Å²) in [6, 6.07) is 0. The lowest BCUT2D eigenvalue weighted by Gasteiger charge is -2.14. The van der Waals surface area contributed by atoms with E-state index >= 15 is 0 Å². The third-order valence-electron chi connectivity index (χ3n) is 3.58. The summed E-state index contributed by atoms with van der Waals surface area (Å²) in [5.41, 5.74) is 2.99. The predicted octanol–water partition coefficient (Wildman–Crippen LogP) is 2.79. The van der Waals surface area contributed by atoms with E-state index in [0.717, 1.165) is 16.5 Å². The molecule has 3 rings (SSSR count). The van der Waals surface area contributed by atoms with Crippen LogP contribution < -0.4 is 5.32 Å². The fraction of sp³-hybridized carbons (Fsp3) is 0.400. The van der Waals surface area contributed by atoms with E-state index in [1.54, 1.807) is 10.8 Å². The molecule has 0 spiro atoms. The second-order valence-electron chi connectivity index (χ2n) is 5.63. The van der Waals surface area contributed by atoms with Crippen LogP contribution in [0.1, 0.15) is 19.4 Å². The number of aryl methyl sites for hydroxylation is 1. The van der Waals surface area contributed by atoms with E-state index in [4.69, 9.17) is 10.1 Å². The molecule has 0 fully saturated rings. The number of fused-ring (bicyclic) bond motifs is 1. The molecular formula is C15H18FN5O. The topological polar surface area (TPSA) is 75.8 Å². The summed E-state index contributed by atoms with van der Waals surface area (Å²) in [4.78, 5) is 8.75. The number of nitrogens with one attached hydrogen (secondary N) is 2. The summed E-state index contributed by atoms with van der Waals surface area (Å²) in [5.74, 6) is 0.266. The first-order chi connectivity index (χ1) is 10.5. The van der Waals surface area contributed by atoms with Crippen molar-refractivity contribution in [3.8, 4) is 0 Å². The van der Waals surface area contributed by atoms with Crippen LogP contribution in [0, 0.1) is 12.3 Å². The maximum absolute atomic E-state index is 14.1. The average molecular weight is 303 g/mol.